The second-order valence-corrected chi connectivity index (χ2v) is 9.70. The van der Waals surface area contributed by atoms with Gasteiger partial charge in [0.2, 0.25) is 0 Å². The van der Waals surface area contributed by atoms with Crippen molar-refractivity contribution in [3.63, 3.8) is 0 Å². The zero-order chi connectivity index (χ0) is 21.4. The van der Waals surface area contributed by atoms with Gasteiger partial charge < -0.3 is 20.3 Å². The van der Waals surface area contributed by atoms with Crippen molar-refractivity contribution in [2.45, 2.75) is 65.3 Å². The minimum atomic E-state index is -0.130. The van der Waals surface area contributed by atoms with Crippen LogP contribution in [-0.4, -0.2) is 37.2 Å². The molecule has 2 aromatic rings. The number of thiophene rings is 1. The number of rotatable bonds is 7. The number of halogens is 1. The fourth-order valence-corrected chi connectivity index (χ4v) is 4.28. The molecule has 0 saturated carbocycles. The summed E-state index contributed by atoms with van der Waals surface area (Å²) in [6.07, 6.45) is 2.25. The standard InChI is InChI=1S/C24H36N4OS.HI/c1-5-25-23(27-21-11-13-28(14-12-21)22-10-7-15-30-22)26-17-19-8-6-9-20(16-19)18-29-24(2,3)4;/h6-10,15-16,21H,5,11-14,17-18H2,1-4H3,(H2,25,26,27);1H. The first-order valence-electron chi connectivity index (χ1n) is 11.0. The Hall–Kier alpha value is -1.32. The first-order chi connectivity index (χ1) is 14.4. The molecule has 31 heavy (non-hydrogen) atoms. The van der Waals surface area contributed by atoms with Crippen LogP contribution in [0.25, 0.3) is 0 Å². The number of nitrogens with zero attached hydrogens (tertiary/aromatic N) is 2. The summed E-state index contributed by atoms with van der Waals surface area (Å²) in [7, 11) is 0. The lowest BCUT2D eigenvalue weighted by Gasteiger charge is -2.33. The monoisotopic (exact) mass is 556 g/mol. The summed E-state index contributed by atoms with van der Waals surface area (Å²) < 4.78 is 5.91. The zero-order valence-corrected chi connectivity index (χ0v) is 22.3. The lowest BCUT2D eigenvalue weighted by Crippen LogP contribution is -2.48. The molecule has 1 aliphatic rings. The Bertz CT molecular complexity index is 796. The number of hydrogen-bond acceptors (Lipinski definition) is 4. The summed E-state index contributed by atoms with van der Waals surface area (Å²) >= 11 is 1.82. The molecule has 0 bridgehead atoms. The summed E-state index contributed by atoms with van der Waals surface area (Å²) in [5.41, 5.74) is 2.27. The summed E-state index contributed by atoms with van der Waals surface area (Å²) in [6.45, 7) is 12.7. The zero-order valence-electron chi connectivity index (χ0n) is 19.2. The number of benzene rings is 1. The van der Waals surface area contributed by atoms with Gasteiger partial charge in [-0.15, -0.1) is 35.3 Å². The van der Waals surface area contributed by atoms with Crippen LogP contribution in [0.15, 0.2) is 46.8 Å². The molecule has 0 unspecified atom stereocenters. The smallest absolute Gasteiger partial charge is 0.191 e. The van der Waals surface area contributed by atoms with Crippen molar-refractivity contribution in [1.82, 2.24) is 10.6 Å². The summed E-state index contributed by atoms with van der Waals surface area (Å²) in [6, 6.07) is 13.3. The van der Waals surface area contributed by atoms with Gasteiger partial charge in [-0.3, -0.25) is 0 Å². The maximum atomic E-state index is 5.91. The van der Waals surface area contributed by atoms with Gasteiger partial charge in [-0.05, 0) is 69.2 Å². The maximum absolute atomic E-state index is 5.91. The third-order valence-electron chi connectivity index (χ3n) is 5.08. The van der Waals surface area contributed by atoms with E-state index in [0.717, 1.165) is 38.4 Å². The highest BCUT2D eigenvalue weighted by Gasteiger charge is 2.20. The molecule has 1 aromatic carbocycles. The van der Waals surface area contributed by atoms with Crippen molar-refractivity contribution in [3.8, 4) is 0 Å². The first-order valence-corrected chi connectivity index (χ1v) is 11.9. The third-order valence-corrected chi connectivity index (χ3v) is 6.01. The molecule has 0 radical (unpaired) electrons. The highest BCUT2D eigenvalue weighted by atomic mass is 127. The lowest BCUT2D eigenvalue weighted by molar-refractivity contribution is -0.0149. The van der Waals surface area contributed by atoms with Crippen LogP contribution in [0.4, 0.5) is 5.00 Å². The van der Waals surface area contributed by atoms with Gasteiger partial charge in [0, 0.05) is 25.7 Å². The van der Waals surface area contributed by atoms with Gasteiger partial charge in [0.1, 0.15) is 0 Å². The molecule has 1 aliphatic heterocycles. The average molecular weight is 557 g/mol. The molecular formula is C24H37IN4OS. The van der Waals surface area contributed by atoms with E-state index in [1.54, 1.807) is 0 Å². The SMILES string of the molecule is CCNC(=NCc1cccc(COC(C)(C)C)c1)NC1CCN(c2cccs2)CC1.I. The van der Waals surface area contributed by atoms with E-state index in [9.17, 15) is 0 Å². The largest absolute Gasteiger partial charge is 0.371 e. The van der Waals surface area contributed by atoms with E-state index in [2.05, 4.69) is 85.0 Å². The number of piperidine rings is 1. The Morgan fingerprint density at radius 3 is 2.55 bits per heavy atom. The van der Waals surface area contributed by atoms with Gasteiger partial charge in [-0.25, -0.2) is 4.99 Å². The minimum Gasteiger partial charge on any atom is -0.371 e. The molecule has 0 aliphatic carbocycles. The molecule has 172 valence electrons. The van der Waals surface area contributed by atoms with E-state index >= 15 is 0 Å². The van der Waals surface area contributed by atoms with Crippen LogP contribution in [0.1, 0.15) is 51.7 Å². The van der Waals surface area contributed by atoms with E-state index in [1.165, 1.54) is 16.1 Å². The van der Waals surface area contributed by atoms with E-state index in [1.807, 2.05) is 11.3 Å². The van der Waals surface area contributed by atoms with Crippen LogP contribution < -0.4 is 15.5 Å². The summed E-state index contributed by atoms with van der Waals surface area (Å²) in [5.74, 6) is 0.906. The number of hydrogen-bond donors (Lipinski definition) is 2. The Kier molecular flexibility index (Phi) is 10.6. The van der Waals surface area contributed by atoms with E-state index in [0.29, 0.717) is 19.2 Å². The number of ether oxygens (including phenoxy) is 1. The second-order valence-electron chi connectivity index (χ2n) is 8.77. The quantitative estimate of drug-likeness (QED) is 0.272. The van der Waals surface area contributed by atoms with Crippen molar-refractivity contribution in [1.29, 1.82) is 0 Å². The van der Waals surface area contributed by atoms with Crippen molar-refractivity contribution in [2.75, 3.05) is 24.5 Å². The van der Waals surface area contributed by atoms with Gasteiger partial charge in [0.05, 0.1) is 23.8 Å². The Morgan fingerprint density at radius 2 is 1.90 bits per heavy atom. The van der Waals surface area contributed by atoms with Crippen LogP contribution in [0.2, 0.25) is 0 Å². The molecule has 1 fully saturated rings. The molecule has 5 nitrogen and oxygen atoms in total. The van der Waals surface area contributed by atoms with Gasteiger partial charge in [0.15, 0.2) is 5.96 Å². The average Bonchev–Trinajstić information content (AvgIpc) is 3.26. The third kappa shape index (κ3) is 8.98. The van der Waals surface area contributed by atoms with Crippen LogP contribution >= 0.6 is 35.3 Å². The minimum absolute atomic E-state index is 0. The molecule has 0 amide bonds. The number of nitrogens with one attached hydrogen (secondary N) is 2. The molecule has 3 rings (SSSR count). The van der Waals surface area contributed by atoms with Crippen molar-refractivity contribution < 1.29 is 4.74 Å². The fourth-order valence-electron chi connectivity index (χ4n) is 3.50. The molecule has 1 aromatic heterocycles. The van der Waals surface area contributed by atoms with Crippen molar-refractivity contribution >= 4 is 46.3 Å². The molecule has 0 spiro atoms. The van der Waals surface area contributed by atoms with Crippen molar-refractivity contribution in [3.05, 3.63) is 52.9 Å². The Morgan fingerprint density at radius 1 is 1.16 bits per heavy atom. The van der Waals surface area contributed by atoms with Crippen LogP contribution in [0, 0.1) is 0 Å². The second kappa shape index (κ2) is 12.6. The maximum Gasteiger partial charge on any atom is 0.191 e. The molecule has 2 N–H and O–H groups in total. The predicted octanol–water partition coefficient (Wildman–Crippen LogP) is 5.41. The van der Waals surface area contributed by atoms with Gasteiger partial charge in [-0.1, -0.05) is 24.3 Å². The van der Waals surface area contributed by atoms with Gasteiger partial charge in [-0.2, -0.15) is 0 Å². The van der Waals surface area contributed by atoms with Gasteiger partial charge in [0.25, 0.3) is 0 Å². The number of aliphatic imine (C=N–C) groups is 1. The number of guanidine groups is 1. The summed E-state index contributed by atoms with van der Waals surface area (Å²) in [5, 5.41) is 10.6. The summed E-state index contributed by atoms with van der Waals surface area (Å²) in [4.78, 5) is 7.32. The first kappa shape index (κ1) is 25.9. The van der Waals surface area contributed by atoms with Crippen LogP contribution in [0.3, 0.4) is 0 Å². The molecular weight excluding hydrogens is 519 g/mol. The van der Waals surface area contributed by atoms with E-state index < -0.39 is 0 Å². The molecule has 2 heterocycles. The normalized spacial score (nSPS) is 15.5. The van der Waals surface area contributed by atoms with Crippen LogP contribution in [-0.2, 0) is 17.9 Å². The number of anilines is 1. The topological polar surface area (TPSA) is 48.9 Å². The molecule has 0 atom stereocenters. The van der Waals surface area contributed by atoms with Crippen molar-refractivity contribution in [2.24, 2.45) is 4.99 Å². The Balaban J connectivity index is 0.00000341. The molecule has 7 heteroatoms. The van der Waals surface area contributed by atoms with Gasteiger partial charge >= 0.3 is 0 Å². The fraction of sp³-hybridized carbons (Fsp3) is 0.542. The van der Waals surface area contributed by atoms with E-state index in [4.69, 9.17) is 9.73 Å². The lowest BCUT2D eigenvalue weighted by atomic mass is 10.1. The van der Waals surface area contributed by atoms with Crippen LogP contribution in [0.5, 0.6) is 0 Å². The highest BCUT2D eigenvalue weighted by molar-refractivity contribution is 14.0. The van der Waals surface area contributed by atoms with E-state index in [-0.39, 0.29) is 29.6 Å². The molecule has 1 saturated heterocycles. The highest BCUT2D eigenvalue weighted by Crippen LogP contribution is 2.24. The Labute approximate surface area is 208 Å². The predicted molar refractivity (Wildman–Crippen MR) is 144 cm³/mol.